The van der Waals surface area contributed by atoms with Gasteiger partial charge in [-0.1, -0.05) is 29.8 Å². The number of benzene rings is 2. The van der Waals surface area contributed by atoms with Crippen molar-refractivity contribution in [1.29, 1.82) is 0 Å². The number of halogens is 2. The predicted molar refractivity (Wildman–Crippen MR) is 131 cm³/mol. The summed E-state index contributed by atoms with van der Waals surface area (Å²) < 4.78 is 27.5. The van der Waals surface area contributed by atoms with Gasteiger partial charge in [0.15, 0.2) is 5.69 Å². The monoisotopic (exact) mass is 512 g/mol. The average Bonchev–Trinajstić information content (AvgIpc) is 3.51. The van der Waals surface area contributed by atoms with Crippen LogP contribution in [0.3, 0.4) is 0 Å². The summed E-state index contributed by atoms with van der Waals surface area (Å²) in [5, 5.41) is 7.84. The third-order valence-electron chi connectivity index (χ3n) is 6.41. The Balaban J connectivity index is 1.43. The highest BCUT2D eigenvalue weighted by Gasteiger charge is 2.32. The molecule has 1 fully saturated rings. The Hall–Kier alpha value is -3.43. The number of nitrogens with zero attached hydrogens (tertiary/aromatic N) is 3. The van der Waals surface area contributed by atoms with Crippen LogP contribution >= 0.6 is 11.6 Å². The maximum Gasteiger partial charge on any atom is 0.275 e. The third kappa shape index (κ3) is 4.94. The molecular weight excluding hydrogens is 487 g/mol. The molecule has 36 heavy (non-hydrogen) atoms. The van der Waals surface area contributed by atoms with Gasteiger partial charge in [-0.25, -0.2) is 4.39 Å². The molecule has 1 saturated heterocycles. The van der Waals surface area contributed by atoms with Crippen molar-refractivity contribution >= 4 is 23.4 Å². The lowest BCUT2D eigenvalue weighted by Gasteiger charge is -2.23. The van der Waals surface area contributed by atoms with E-state index in [1.807, 2.05) is 0 Å². The second-order valence-corrected chi connectivity index (χ2v) is 9.36. The zero-order valence-corrected chi connectivity index (χ0v) is 20.6. The van der Waals surface area contributed by atoms with Crippen LogP contribution in [0.1, 0.15) is 34.5 Å². The number of fused-ring (bicyclic) bond motifs is 3. The number of aryl methyl sites for hydroxylation is 1. The van der Waals surface area contributed by atoms with Crippen LogP contribution in [0.5, 0.6) is 5.75 Å². The van der Waals surface area contributed by atoms with E-state index in [0.717, 1.165) is 24.1 Å². The molecule has 0 bridgehead atoms. The molecule has 3 heterocycles. The van der Waals surface area contributed by atoms with E-state index in [1.54, 1.807) is 48.1 Å². The smallest absolute Gasteiger partial charge is 0.275 e. The van der Waals surface area contributed by atoms with E-state index in [1.165, 1.54) is 11.0 Å². The Bertz CT molecular complexity index is 1310. The Morgan fingerprint density at radius 2 is 2.11 bits per heavy atom. The maximum absolute atomic E-state index is 14.5. The summed E-state index contributed by atoms with van der Waals surface area (Å²) in [6.07, 6.45) is 1.81. The van der Waals surface area contributed by atoms with Crippen LogP contribution in [-0.2, 0) is 29.7 Å². The van der Waals surface area contributed by atoms with Crippen LogP contribution < -0.4 is 10.1 Å². The number of hydrogen-bond donors (Lipinski definition) is 1. The highest BCUT2D eigenvalue weighted by Crippen LogP contribution is 2.40. The van der Waals surface area contributed by atoms with Gasteiger partial charge in [-0.05, 0) is 37.1 Å². The summed E-state index contributed by atoms with van der Waals surface area (Å²) in [5.41, 5.74) is 2.50. The molecule has 5 rings (SSSR count). The number of carbonyl (C=O) groups excluding carboxylic acids is 2. The number of hydrogen-bond acceptors (Lipinski definition) is 5. The van der Waals surface area contributed by atoms with Gasteiger partial charge in [0, 0.05) is 48.5 Å². The molecule has 1 aromatic heterocycles. The number of aromatic nitrogens is 2. The van der Waals surface area contributed by atoms with Crippen molar-refractivity contribution in [2.75, 3.05) is 19.7 Å². The van der Waals surface area contributed by atoms with Crippen LogP contribution in [0, 0.1) is 5.82 Å². The molecule has 8 nitrogen and oxygen atoms in total. The van der Waals surface area contributed by atoms with Gasteiger partial charge in [0.2, 0.25) is 5.91 Å². The van der Waals surface area contributed by atoms with E-state index < -0.39 is 11.7 Å². The topological polar surface area (TPSA) is 85.7 Å². The molecule has 0 unspecified atom stereocenters. The van der Waals surface area contributed by atoms with Crippen molar-refractivity contribution in [3.05, 3.63) is 70.1 Å². The molecule has 2 aromatic carbocycles. The van der Waals surface area contributed by atoms with Gasteiger partial charge in [-0.2, -0.15) is 5.10 Å². The molecule has 0 radical (unpaired) electrons. The second kappa shape index (κ2) is 10.3. The Morgan fingerprint density at radius 3 is 2.89 bits per heavy atom. The van der Waals surface area contributed by atoms with Crippen molar-refractivity contribution < 1.29 is 23.5 Å². The summed E-state index contributed by atoms with van der Waals surface area (Å²) in [7, 11) is 1.74. The normalized spacial score (nSPS) is 16.1. The molecule has 2 amide bonds. The molecule has 188 valence electrons. The van der Waals surface area contributed by atoms with Crippen molar-refractivity contribution in [2.24, 2.45) is 7.05 Å². The van der Waals surface area contributed by atoms with Gasteiger partial charge in [0.25, 0.3) is 5.91 Å². The van der Waals surface area contributed by atoms with E-state index >= 15 is 0 Å². The Morgan fingerprint density at radius 1 is 1.28 bits per heavy atom. The van der Waals surface area contributed by atoms with Crippen molar-refractivity contribution in [3.63, 3.8) is 0 Å². The van der Waals surface area contributed by atoms with Crippen LogP contribution in [-0.4, -0.2) is 52.3 Å². The number of carbonyl (C=O) groups is 2. The molecule has 0 saturated carbocycles. The van der Waals surface area contributed by atoms with E-state index in [-0.39, 0.29) is 37.4 Å². The molecule has 2 aliphatic heterocycles. The fourth-order valence-corrected chi connectivity index (χ4v) is 4.79. The summed E-state index contributed by atoms with van der Waals surface area (Å²) >= 11 is 6.21. The molecule has 3 aromatic rings. The van der Waals surface area contributed by atoms with Crippen LogP contribution in [0.15, 0.2) is 42.5 Å². The molecular formula is C26H26ClFN4O4. The van der Waals surface area contributed by atoms with Crippen molar-refractivity contribution in [2.45, 2.75) is 32.1 Å². The van der Waals surface area contributed by atoms with Gasteiger partial charge in [0.05, 0.1) is 11.8 Å². The number of rotatable bonds is 7. The maximum atomic E-state index is 14.5. The zero-order valence-electron chi connectivity index (χ0n) is 19.8. The molecule has 0 aliphatic carbocycles. The van der Waals surface area contributed by atoms with E-state index in [4.69, 9.17) is 21.1 Å². The molecule has 2 aliphatic rings. The summed E-state index contributed by atoms with van der Waals surface area (Å²) in [6.45, 7) is 0.837. The minimum absolute atomic E-state index is 0.0310. The highest BCUT2D eigenvalue weighted by atomic mass is 35.5. The van der Waals surface area contributed by atoms with Crippen molar-refractivity contribution in [1.82, 2.24) is 20.0 Å². The van der Waals surface area contributed by atoms with Gasteiger partial charge in [-0.15, -0.1) is 0 Å². The molecule has 1 N–H and O–H groups in total. The van der Waals surface area contributed by atoms with E-state index in [9.17, 15) is 14.0 Å². The Labute approximate surface area is 212 Å². The largest absolute Gasteiger partial charge is 0.488 e. The minimum Gasteiger partial charge on any atom is -0.488 e. The lowest BCUT2D eigenvalue weighted by molar-refractivity contribution is -0.122. The third-order valence-corrected chi connectivity index (χ3v) is 6.64. The van der Waals surface area contributed by atoms with Crippen LogP contribution in [0.25, 0.3) is 11.3 Å². The highest BCUT2D eigenvalue weighted by molar-refractivity contribution is 6.31. The Kier molecular flexibility index (Phi) is 6.93. The van der Waals surface area contributed by atoms with Crippen molar-refractivity contribution in [3.8, 4) is 17.0 Å². The molecule has 1 atom stereocenters. The van der Waals surface area contributed by atoms with Crippen LogP contribution in [0.2, 0.25) is 5.02 Å². The van der Waals surface area contributed by atoms with E-state index in [2.05, 4.69) is 10.4 Å². The first kappa shape index (κ1) is 24.3. The molecule has 10 heteroatoms. The minimum atomic E-state index is -0.489. The van der Waals surface area contributed by atoms with Crippen LogP contribution in [0.4, 0.5) is 4.39 Å². The predicted octanol–water partition coefficient (Wildman–Crippen LogP) is 3.71. The average molecular weight is 513 g/mol. The zero-order chi connectivity index (χ0) is 25.2. The first-order valence-electron chi connectivity index (χ1n) is 11.8. The lowest BCUT2D eigenvalue weighted by Crippen LogP contribution is -2.43. The summed E-state index contributed by atoms with van der Waals surface area (Å²) in [6, 6.07) is 11.5. The van der Waals surface area contributed by atoms with Gasteiger partial charge >= 0.3 is 0 Å². The summed E-state index contributed by atoms with van der Waals surface area (Å²) in [4.78, 5) is 27.9. The first-order chi connectivity index (χ1) is 17.4. The molecule has 0 spiro atoms. The number of nitrogens with one attached hydrogen (secondary N) is 1. The first-order valence-corrected chi connectivity index (χ1v) is 12.2. The lowest BCUT2D eigenvalue weighted by atomic mass is 10.0. The number of amides is 2. The fraction of sp³-hybridized carbons (Fsp3) is 0.346. The SMILES string of the molecule is Cn1nc(C(=O)N(CC(=O)NC[C@@H]2CCCO2)Cc2ccccc2F)c2c1-c1cc(Cl)ccc1OC2. The quantitative estimate of drug-likeness (QED) is 0.521. The van der Waals surface area contributed by atoms with Gasteiger partial charge in [0.1, 0.15) is 24.7 Å². The standard InChI is InChI=1S/C26H26ClFN4O4/c1-31-25-19-11-17(27)8-9-22(19)36-15-20(25)24(30-31)26(34)32(13-16-5-2-3-7-21(16)28)14-23(33)29-12-18-6-4-10-35-18/h2-3,5,7-9,11,18H,4,6,10,12-15H2,1H3,(H,29,33)/t18-/m0/s1. The van der Waals surface area contributed by atoms with Gasteiger partial charge in [-0.3, -0.25) is 14.3 Å². The van der Waals surface area contributed by atoms with Gasteiger partial charge < -0.3 is 19.7 Å². The number of ether oxygens (including phenoxy) is 2. The fourth-order valence-electron chi connectivity index (χ4n) is 4.62. The second-order valence-electron chi connectivity index (χ2n) is 8.92. The van der Waals surface area contributed by atoms with E-state index in [0.29, 0.717) is 35.1 Å². The summed E-state index contributed by atoms with van der Waals surface area (Å²) in [5.74, 6) is -0.652.